The number of carboxylic acid groups (broad SMARTS) is 1. The summed E-state index contributed by atoms with van der Waals surface area (Å²) in [5.41, 5.74) is 10.7. The fourth-order valence-electron chi connectivity index (χ4n) is 2.38. The van der Waals surface area contributed by atoms with Gasteiger partial charge in [-0.15, -0.1) is 0 Å². The molecule has 0 rings (SSSR count). The van der Waals surface area contributed by atoms with Crippen LogP contribution in [0, 0.1) is 5.92 Å². The second-order valence-electron chi connectivity index (χ2n) is 7.25. The minimum absolute atomic E-state index is 0.0417. The SMILES string of the molecule is CSCCC(NC(=O)C(C)NC(=O)C(N)CCC(N)=O)C(=O)NC(C(=O)O)C(C)C. The van der Waals surface area contributed by atoms with Crippen LogP contribution in [0.3, 0.4) is 0 Å². The molecule has 8 N–H and O–H groups in total. The van der Waals surface area contributed by atoms with Crippen molar-refractivity contribution in [1.29, 1.82) is 0 Å². The van der Waals surface area contributed by atoms with E-state index in [-0.39, 0.29) is 25.2 Å². The number of carbonyl (C=O) groups is 5. The van der Waals surface area contributed by atoms with E-state index in [1.807, 2.05) is 6.26 Å². The molecule has 0 aliphatic heterocycles. The lowest BCUT2D eigenvalue weighted by atomic mass is 10.0. The van der Waals surface area contributed by atoms with Gasteiger partial charge in [-0.25, -0.2) is 4.79 Å². The average Bonchev–Trinajstić information content (AvgIpc) is 2.65. The summed E-state index contributed by atoms with van der Waals surface area (Å²) in [4.78, 5) is 59.2. The van der Waals surface area contributed by atoms with E-state index in [1.54, 1.807) is 13.8 Å². The molecule has 0 spiro atoms. The molecule has 0 fully saturated rings. The third kappa shape index (κ3) is 10.4. The Balaban J connectivity index is 4.99. The number of amides is 4. The number of primary amides is 1. The summed E-state index contributed by atoms with van der Waals surface area (Å²) in [6.45, 7) is 4.74. The van der Waals surface area contributed by atoms with Crippen molar-refractivity contribution in [3.05, 3.63) is 0 Å². The van der Waals surface area contributed by atoms with Crippen LogP contribution in [-0.2, 0) is 24.0 Å². The van der Waals surface area contributed by atoms with Crippen LogP contribution in [0.4, 0.5) is 0 Å². The van der Waals surface area contributed by atoms with E-state index >= 15 is 0 Å². The highest BCUT2D eigenvalue weighted by Gasteiger charge is 2.29. The van der Waals surface area contributed by atoms with Crippen molar-refractivity contribution in [3.63, 3.8) is 0 Å². The fraction of sp³-hybridized carbons (Fsp3) is 0.722. The summed E-state index contributed by atoms with van der Waals surface area (Å²) >= 11 is 1.47. The van der Waals surface area contributed by atoms with Gasteiger partial charge in [-0.3, -0.25) is 19.2 Å². The van der Waals surface area contributed by atoms with Crippen molar-refractivity contribution >= 4 is 41.4 Å². The molecule has 0 aromatic carbocycles. The summed E-state index contributed by atoms with van der Waals surface area (Å²) in [6.07, 6.45) is 2.09. The van der Waals surface area contributed by atoms with E-state index in [0.29, 0.717) is 5.75 Å². The maximum atomic E-state index is 12.6. The van der Waals surface area contributed by atoms with E-state index in [1.165, 1.54) is 18.7 Å². The van der Waals surface area contributed by atoms with Crippen LogP contribution in [0.5, 0.6) is 0 Å². The maximum absolute atomic E-state index is 12.6. The highest BCUT2D eigenvalue weighted by molar-refractivity contribution is 7.98. The Hall–Kier alpha value is -2.34. The first-order chi connectivity index (χ1) is 13.9. The number of rotatable bonds is 14. The van der Waals surface area contributed by atoms with Crippen molar-refractivity contribution in [2.45, 2.75) is 64.2 Å². The van der Waals surface area contributed by atoms with Gasteiger partial charge in [0.1, 0.15) is 18.1 Å². The van der Waals surface area contributed by atoms with Crippen molar-refractivity contribution in [3.8, 4) is 0 Å². The first kappa shape index (κ1) is 27.7. The quantitative estimate of drug-likeness (QED) is 0.186. The van der Waals surface area contributed by atoms with E-state index in [0.717, 1.165) is 0 Å². The lowest BCUT2D eigenvalue weighted by molar-refractivity contribution is -0.143. The molecule has 4 amide bonds. The molecule has 12 heteroatoms. The minimum Gasteiger partial charge on any atom is -0.480 e. The summed E-state index contributed by atoms with van der Waals surface area (Å²) in [5, 5.41) is 16.7. The van der Waals surface area contributed by atoms with Crippen molar-refractivity contribution in [1.82, 2.24) is 16.0 Å². The van der Waals surface area contributed by atoms with Gasteiger partial charge in [-0.2, -0.15) is 11.8 Å². The van der Waals surface area contributed by atoms with Crippen LogP contribution in [0.15, 0.2) is 0 Å². The smallest absolute Gasteiger partial charge is 0.326 e. The minimum atomic E-state index is -1.17. The maximum Gasteiger partial charge on any atom is 0.326 e. The number of thioether (sulfide) groups is 1. The second kappa shape index (κ2) is 13.8. The molecule has 0 aliphatic carbocycles. The average molecular weight is 448 g/mol. The molecule has 0 aromatic heterocycles. The van der Waals surface area contributed by atoms with Gasteiger partial charge in [-0.1, -0.05) is 13.8 Å². The molecule has 0 bridgehead atoms. The Morgan fingerprint density at radius 2 is 1.53 bits per heavy atom. The lowest BCUT2D eigenvalue weighted by Crippen LogP contribution is -2.57. The predicted octanol–water partition coefficient (Wildman–Crippen LogP) is -1.45. The molecule has 4 atom stereocenters. The van der Waals surface area contributed by atoms with Crippen LogP contribution in [-0.4, -0.2) is 70.9 Å². The van der Waals surface area contributed by atoms with Crippen LogP contribution >= 0.6 is 11.8 Å². The van der Waals surface area contributed by atoms with Crippen LogP contribution in [0.25, 0.3) is 0 Å². The third-order valence-electron chi connectivity index (χ3n) is 4.26. The standard InChI is InChI=1S/C18H33N5O6S/c1-9(2)14(18(28)29)23-17(27)12(7-8-30-4)22-15(25)10(3)21-16(26)11(19)5-6-13(20)24/h9-12,14H,5-8,19H2,1-4H3,(H2,20,24)(H,21,26)(H,22,25)(H,23,27)(H,28,29). The van der Waals surface area contributed by atoms with Gasteiger partial charge in [0.2, 0.25) is 23.6 Å². The van der Waals surface area contributed by atoms with E-state index in [4.69, 9.17) is 11.5 Å². The van der Waals surface area contributed by atoms with Crippen LogP contribution < -0.4 is 27.4 Å². The summed E-state index contributed by atoms with van der Waals surface area (Å²) < 4.78 is 0. The number of carbonyl (C=O) groups excluding carboxylic acids is 4. The molecule has 0 heterocycles. The van der Waals surface area contributed by atoms with Crippen LogP contribution in [0.1, 0.15) is 40.0 Å². The largest absolute Gasteiger partial charge is 0.480 e. The molecule has 0 saturated carbocycles. The molecule has 0 aliphatic rings. The zero-order valence-electron chi connectivity index (χ0n) is 17.8. The van der Waals surface area contributed by atoms with Gasteiger partial charge in [-0.05, 0) is 37.7 Å². The van der Waals surface area contributed by atoms with Gasteiger partial charge >= 0.3 is 5.97 Å². The van der Waals surface area contributed by atoms with E-state index in [9.17, 15) is 29.1 Å². The Kier molecular flexibility index (Phi) is 12.7. The normalized spacial score (nSPS) is 14.9. The Labute approximate surface area is 180 Å². The molecular weight excluding hydrogens is 414 g/mol. The summed E-state index contributed by atoms with van der Waals surface area (Å²) in [6, 6.07) is -4.06. The number of hydrogen-bond donors (Lipinski definition) is 6. The first-order valence-electron chi connectivity index (χ1n) is 9.57. The Morgan fingerprint density at radius 3 is 2.00 bits per heavy atom. The van der Waals surface area contributed by atoms with Crippen molar-refractivity contribution in [2.24, 2.45) is 17.4 Å². The number of nitrogens with two attached hydrogens (primary N) is 2. The predicted molar refractivity (Wildman–Crippen MR) is 113 cm³/mol. The van der Waals surface area contributed by atoms with Gasteiger partial charge in [0.05, 0.1) is 6.04 Å². The van der Waals surface area contributed by atoms with Crippen molar-refractivity contribution < 1.29 is 29.1 Å². The Morgan fingerprint density at radius 1 is 0.933 bits per heavy atom. The zero-order chi connectivity index (χ0) is 23.4. The molecule has 0 radical (unpaired) electrons. The van der Waals surface area contributed by atoms with E-state index < -0.39 is 53.8 Å². The molecule has 4 unspecified atom stereocenters. The highest BCUT2D eigenvalue weighted by Crippen LogP contribution is 2.06. The molecule has 0 saturated heterocycles. The number of nitrogens with one attached hydrogen (secondary N) is 3. The first-order valence-corrected chi connectivity index (χ1v) is 11.0. The van der Waals surface area contributed by atoms with Gasteiger partial charge < -0.3 is 32.5 Å². The summed E-state index contributed by atoms with van der Waals surface area (Å²) in [7, 11) is 0. The summed E-state index contributed by atoms with van der Waals surface area (Å²) in [5.74, 6) is -3.42. The Bertz CT molecular complexity index is 630. The van der Waals surface area contributed by atoms with Crippen LogP contribution in [0.2, 0.25) is 0 Å². The third-order valence-corrected chi connectivity index (χ3v) is 4.91. The lowest BCUT2D eigenvalue weighted by Gasteiger charge is -2.24. The van der Waals surface area contributed by atoms with Crippen molar-refractivity contribution in [2.75, 3.05) is 12.0 Å². The number of hydrogen-bond acceptors (Lipinski definition) is 7. The van der Waals surface area contributed by atoms with Gasteiger partial charge in [0, 0.05) is 6.42 Å². The van der Waals surface area contributed by atoms with E-state index in [2.05, 4.69) is 16.0 Å². The van der Waals surface area contributed by atoms with Gasteiger partial charge in [0.25, 0.3) is 0 Å². The fourth-order valence-corrected chi connectivity index (χ4v) is 2.85. The number of carboxylic acids is 1. The van der Waals surface area contributed by atoms with Gasteiger partial charge in [0.15, 0.2) is 0 Å². The highest BCUT2D eigenvalue weighted by atomic mass is 32.2. The molecule has 30 heavy (non-hydrogen) atoms. The monoisotopic (exact) mass is 447 g/mol. The molecule has 0 aromatic rings. The number of aliphatic carboxylic acids is 1. The molecule has 11 nitrogen and oxygen atoms in total. The molecule has 172 valence electrons. The second-order valence-corrected chi connectivity index (χ2v) is 8.24. The molecular formula is C18H33N5O6S. The zero-order valence-corrected chi connectivity index (χ0v) is 18.6. The topological polar surface area (TPSA) is 194 Å².